The summed E-state index contributed by atoms with van der Waals surface area (Å²) < 4.78 is 6.45. The first kappa shape index (κ1) is 12.4. The van der Waals surface area contributed by atoms with Crippen molar-refractivity contribution in [1.82, 2.24) is 15.2 Å². The summed E-state index contributed by atoms with van der Waals surface area (Å²) in [6.07, 6.45) is 1.70. The Bertz CT molecular complexity index is 663. The van der Waals surface area contributed by atoms with Crippen LogP contribution in [0.5, 0.6) is 0 Å². The second-order valence-electron chi connectivity index (χ2n) is 3.89. The molecule has 2 aromatic heterocycles. The van der Waals surface area contributed by atoms with E-state index in [4.69, 9.17) is 4.42 Å². The maximum absolute atomic E-state index is 5.49. The molecule has 19 heavy (non-hydrogen) atoms. The highest BCUT2D eigenvalue weighted by atomic mass is 32.2. The third-order valence-electron chi connectivity index (χ3n) is 2.42. The van der Waals surface area contributed by atoms with Crippen LogP contribution >= 0.6 is 23.1 Å². The van der Waals surface area contributed by atoms with Gasteiger partial charge in [0.2, 0.25) is 5.89 Å². The van der Waals surface area contributed by atoms with Crippen molar-refractivity contribution >= 4 is 23.1 Å². The molecule has 96 valence electrons. The van der Waals surface area contributed by atoms with E-state index in [9.17, 15) is 0 Å². The molecule has 0 bridgehead atoms. The maximum atomic E-state index is 5.49. The van der Waals surface area contributed by atoms with Gasteiger partial charge in [0.05, 0.1) is 5.69 Å². The highest BCUT2D eigenvalue weighted by Crippen LogP contribution is 2.26. The van der Waals surface area contributed by atoms with Gasteiger partial charge in [-0.15, -0.1) is 10.2 Å². The van der Waals surface area contributed by atoms with Gasteiger partial charge >= 0.3 is 0 Å². The normalized spacial score (nSPS) is 10.8. The summed E-state index contributed by atoms with van der Waals surface area (Å²) in [5, 5.41) is 9.03. The molecule has 0 aliphatic heterocycles. The first-order valence-corrected chi connectivity index (χ1v) is 7.54. The predicted octanol–water partition coefficient (Wildman–Crippen LogP) is 3.79. The lowest BCUT2D eigenvalue weighted by molar-refractivity contribution is 0.573. The standard InChI is InChI=1S/C13H11N3OS2/c1-9-15-16-13(19-9)18-8-11-7-17-12(14-11)10-5-3-2-4-6-10/h2-7H,8H2,1H3. The molecule has 0 saturated carbocycles. The Kier molecular flexibility index (Phi) is 3.61. The summed E-state index contributed by atoms with van der Waals surface area (Å²) in [6, 6.07) is 9.88. The molecule has 0 amide bonds. The zero-order valence-corrected chi connectivity index (χ0v) is 11.9. The fourth-order valence-electron chi connectivity index (χ4n) is 1.56. The van der Waals surface area contributed by atoms with Crippen molar-refractivity contribution in [2.75, 3.05) is 0 Å². The molecule has 0 saturated heterocycles. The number of hydrogen-bond donors (Lipinski definition) is 0. The largest absolute Gasteiger partial charge is 0.444 e. The molecule has 0 aliphatic carbocycles. The van der Waals surface area contributed by atoms with E-state index in [1.54, 1.807) is 29.4 Å². The van der Waals surface area contributed by atoms with Crippen molar-refractivity contribution in [1.29, 1.82) is 0 Å². The number of aromatic nitrogens is 3. The van der Waals surface area contributed by atoms with Crippen LogP contribution in [0.4, 0.5) is 0 Å². The van der Waals surface area contributed by atoms with Gasteiger partial charge in [-0.2, -0.15) is 0 Å². The van der Waals surface area contributed by atoms with Crippen molar-refractivity contribution < 1.29 is 4.42 Å². The van der Waals surface area contributed by atoms with Crippen LogP contribution in [-0.4, -0.2) is 15.2 Å². The summed E-state index contributed by atoms with van der Waals surface area (Å²) in [4.78, 5) is 4.47. The molecule has 0 spiro atoms. The zero-order chi connectivity index (χ0) is 13.1. The fraction of sp³-hybridized carbons (Fsp3) is 0.154. The van der Waals surface area contributed by atoms with Crippen molar-refractivity contribution in [3.63, 3.8) is 0 Å². The van der Waals surface area contributed by atoms with Crippen LogP contribution in [0.25, 0.3) is 11.5 Å². The van der Waals surface area contributed by atoms with E-state index in [2.05, 4.69) is 15.2 Å². The molecule has 2 heterocycles. The summed E-state index contributed by atoms with van der Waals surface area (Å²) >= 11 is 3.22. The van der Waals surface area contributed by atoms with Crippen LogP contribution < -0.4 is 0 Å². The number of hydrogen-bond acceptors (Lipinski definition) is 6. The van der Waals surface area contributed by atoms with Gasteiger partial charge in [0, 0.05) is 11.3 Å². The number of nitrogens with zero attached hydrogens (tertiary/aromatic N) is 3. The molecular weight excluding hydrogens is 278 g/mol. The lowest BCUT2D eigenvalue weighted by Gasteiger charge is -1.93. The minimum absolute atomic E-state index is 0.657. The monoisotopic (exact) mass is 289 g/mol. The molecule has 3 aromatic rings. The third-order valence-corrected chi connectivity index (χ3v) is 4.43. The topological polar surface area (TPSA) is 51.8 Å². The van der Waals surface area contributed by atoms with Crippen LogP contribution in [0.15, 0.2) is 45.4 Å². The Labute approximate surface area is 118 Å². The first-order chi connectivity index (χ1) is 9.31. The van der Waals surface area contributed by atoms with E-state index in [0.717, 1.165) is 26.4 Å². The lowest BCUT2D eigenvalue weighted by Crippen LogP contribution is -1.82. The van der Waals surface area contributed by atoms with Crippen molar-refractivity contribution in [2.45, 2.75) is 17.0 Å². The number of benzene rings is 1. The summed E-state index contributed by atoms with van der Waals surface area (Å²) in [5.74, 6) is 1.40. The molecule has 0 atom stereocenters. The van der Waals surface area contributed by atoms with E-state index < -0.39 is 0 Å². The average molecular weight is 289 g/mol. The summed E-state index contributed by atoms with van der Waals surface area (Å²) in [7, 11) is 0. The van der Waals surface area contributed by atoms with Gasteiger partial charge in [0.15, 0.2) is 4.34 Å². The van der Waals surface area contributed by atoms with Crippen LogP contribution in [0, 0.1) is 6.92 Å². The highest BCUT2D eigenvalue weighted by Gasteiger charge is 2.08. The predicted molar refractivity (Wildman–Crippen MR) is 76.1 cm³/mol. The molecular formula is C13H11N3OS2. The van der Waals surface area contributed by atoms with Crippen molar-refractivity contribution in [3.8, 4) is 11.5 Å². The quantitative estimate of drug-likeness (QED) is 0.684. The molecule has 3 rings (SSSR count). The molecule has 0 fully saturated rings. The van der Waals surface area contributed by atoms with Gasteiger partial charge in [-0.05, 0) is 19.1 Å². The Hall–Kier alpha value is -1.66. The maximum Gasteiger partial charge on any atom is 0.226 e. The highest BCUT2D eigenvalue weighted by molar-refractivity contribution is 8.00. The number of aryl methyl sites for hydroxylation is 1. The van der Waals surface area contributed by atoms with Gasteiger partial charge in [-0.25, -0.2) is 4.98 Å². The van der Waals surface area contributed by atoms with Gasteiger partial charge in [0.25, 0.3) is 0 Å². The number of oxazole rings is 1. The van der Waals surface area contributed by atoms with Gasteiger partial charge in [-0.1, -0.05) is 41.3 Å². The molecule has 0 unspecified atom stereocenters. The molecule has 0 N–H and O–H groups in total. The van der Waals surface area contributed by atoms with Crippen molar-refractivity contribution in [2.24, 2.45) is 0 Å². The smallest absolute Gasteiger partial charge is 0.226 e. The van der Waals surface area contributed by atoms with E-state index in [-0.39, 0.29) is 0 Å². The first-order valence-electron chi connectivity index (χ1n) is 5.74. The van der Waals surface area contributed by atoms with Crippen LogP contribution in [-0.2, 0) is 5.75 Å². The van der Waals surface area contributed by atoms with E-state index in [1.807, 2.05) is 37.3 Å². The van der Waals surface area contributed by atoms with E-state index >= 15 is 0 Å². The molecule has 6 heteroatoms. The Morgan fingerprint density at radius 1 is 1.21 bits per heavy atom. The second kappa shape index (κ2) is 5.54. The Balaban J connectivity index is 1.68. The fourth-order valence-corrected chi connectivity index (χ4v) is 3.25. The third kappa shape index (κ3) is 3.02. The lowest BCUT2D eigenvalue weighted by atomic mass is 10.2. The molecule has 0 radical (unpaired) electrons. The number of thioether (sulfide) groups is 1. The minimum atomic E-state index is 0.657. The van der Waals surface area contributed by atoms with Crippen LogP contribution in [0.3, 0.4) is 0 Å². The van der Waals surface area contributed by atoms with Gasteiger partial charge < -0.3 is 4.42 Å². The summed E-state index contributed by atoms with van der Waals surface area (Å²) in [5.41, 5.74) is 1.90. The molecule has 4 nitrogen and oxygen atoms in total. The van der Waals surface area contributed by atoms with Gasteiger partial charge in [-0.3, -0.25) is 0 Å². The molecule has 0 aliphatic rings. The van der Waals surface area contributed by atoms with E-state index in [1.165, 1.54) is 0 Å². The average Bonchev–Trinajstić information content (AvgIpc) is 3.06. The van der Waals surface area contributed by atoms with E-state index in [0.29, 0.717) is 5.89 Å². The number of rotatable bonds is 4. The minimum Gasteiger partial charge on any atom is -0.444 e. The SMILES string of the molecule is Cc1nnc(SCc2coc(-c3ccccc3)n2)s1. The summed E-state index contributed by atoms with van der Waals surface area (Å²) in [6.45, 7) is 1.95. The van der Waals surface area contributed by atoms with Crippen LogP contribution in [0.1, 0.15) is 10.7 Å². The Morgan fingerprint density at radius 3 is 2.79 bits per heavy atom. The van der Waals surface area contributed by atoms with Crippen LogP contribution in [0.2, 0.25) is 0 Å². The van der Waals surface area contributed by atoms with Gasteiger partial charge in [0.1, 0.15) is 11.3 Å². The Morgan fingerprint density at radius 2 is 2.05 bits per heavy atom. The zero-order valence-electron chi connectivity index (χ0n) is 10.2. The second-order valence-corrected chi connectivity index (χ2v) is 6.29. The van der Waals surface area contributed by atoms with Crippen molar-refractivity contribution in [3.05, 3.63) is 47.3 Å². The molecule has 1 aromatic carbocycles.